The molecule has 0 radical (unpaired) electrons. The highest BCUT2D eigenvalue weighted by Crippen LogP contribution is 2.30. The Bertz CT molecular complexity index is 468. The fourth-order valence-electron chi connectivity index (χ4n) is 1.73. The zero-order valence-corrected chi connectivity index (χ0v) is 10.5. The van der Waals surface area contributed by atoms with Gasteiger partial charge in [0.1, 0.15) is 17.3 Å². The van der Waals surface area contributed by atoms with Gasteiger partial charge in [-0.2, -0.15) is 5.26 Å². The maximum Gasteiger partial charge on any atom is 0.310 e. The molecule has 0 heterocycles. The van der Waals surface area contributed by atoms with Gasteiger partial charge in [0.15, 0.2) is 0 Å². The van der Waals surface area contributed by atoms with Crippen molar-refractivity contribution < 1.29 is 4.92 Å². The molecule has 1 aromatic rings. The number of hydrogen-bond donors (Lipinski definition) is 1. The number of para-hydroxylation sites is 1. The highest BCUT2D eigenvalue weighted by atomic mass is 16.6. The van der Waals surface area contributed by atoms with Crippen LogP contribution in [-0.4, -0.2) is 32.1 Å². The molecule has 1 rings (SSSR count). The minimum atomic E-state index is -0.498. The Morgan fingerprint density at radius 2 is 2.28 bits per heavy atom. The van der Waals surface area contributed by atoms with Crippen LogP contribution in [0.3, 0.4) is 0 Å². The standard InChI is InChI=1S/C12H16N4O2/c1-14-7-4-8-15(2)11-6-3-5-10(9-13)12(11)16(17)18/h3,5-6,14H,4,7-8H2,1-2H3. The van der Waals surface area contributed by atoms with Crippen LogP contribution in [0.15, 0.2) is 18.2 Å². The molecule has 0 amide bonds. The number of nitro groups is 1. The second-order valence-electron chi connectivity index (χ2n) is 3.92. The Labute approximate surface area is 106 Å². The van der Waals surface area contributed by atoms with Gasteiger partial charge in [0, 0.05) is 13.6 Å². The summed E-state index contributed by atoms with van der Waals surface area (Å²) in [5.41, 5.74) is 0.458. The predicted octanol–water partition coefficient (Wildman–Crippen LogP) is 1.51. The maximum atomic E-state index is 11.1. The van der Waals surface area contributed by atoms with Crippen molar-refractivity contribution >= 4 is 11.4 Å². The van der Waals surface area contributed by atoms with Gasteiger partial charge in [0.25, 0.3) is 0 Å². The van der Waals surface area contributed by atoms with E-state index in [4.69, 9.17) is 5.26 Å². The highest BCUT2D eigenvalue weighted by Gasteiger charge is 2.21. The second-order valence-corrected chi connectivity index (χ2v) is 3.92. The molecule has 0 saturated carbocycles. The van der Waals surface area contributed by atoms with E-state index in [2.05, 4.69) is 5.32 Å². The lowest BCUT2D eigenvalue weighted by Gasteiger charge is -2.19. The van der Waals surface area contributed by atoms with Gasteiger partial charge < -0.3 is 10.2 Å². The molecule has 0 atom stereocenters. The van der Waals surface area contributed by atoms with E-state index in [1.54, 1.807) is 24.1 Å². The Kier molecular flexibility index (Phi) is 5.08. The number of nitriles is 1. The topological polar surface area (TPSA) is 82.2 Å². The van der Waals surface area contributed by atoms with Gasteiger partial charge in [-0.3, -0.25) is 10.1 Å². The lowest BCUT2D eigenvalue weighted by molar-refractivity contribution is -0.384. The summed E-state index contributed by atoms with van der Waals surface area (Å²) in [6.45, 7) is 1.53. The van der Waals surface area contributed by atoms with Crippen molar-refractivity contribution in [3.63, 3.8) is 0 Å². The van der Waals surface area contributed by atoms with Crippen LogP contribution < -0.4 is 10.2 Å². The van der Waals surface area contributed by atoms with Crippen molar-refractivity contribution in [3.05, 3.63) is 33.9 Å². The average molecular weight is 248 g/mol. The molecule has 6 nitrogen and oxygen atoms in total. The van der Waals surface area contributed by atoms with Crippen molar-refractivity contribution in [1.82, 2.24) is 5.32 Å². The Morgan fingerprint density at radius 1 is 1.56 bits per heavy atom. The summed E-state index contributed by atoms with van der Waals surface area (Å²) in [5.74, 6) is 0. The summed E-state index contributed by atoms with van der Waals surface area (Å²) in [6.07, 6.45) is 0.876. The summed E-state index contributed by atoms with van der Waals surface area (Å²) in [7, 11) is 3.65. The fourth-order valence-corrected chi connectivity index (χ4v) is 1.73. The third kappa shape index (κ3) is 3.18. The molecule has 0 unspecified atom stereocenters. The van der Waals surface area contributed by atoms with Crippen LogP contribution in [0.1, 0.15) is 12.0 Å². The van der Waals surface area contributed by atoms with Crippen LogP contribution in [0.5, 0.6) is 0 Å². The zero-order chi connectivity index (χ0) is 13.5. The first-order chi connectivity index (χ1) is 8.61. The van der Waals surface area contributed by atoms with E-state index in [1.165, 1.54) is 6.07 Å². The van der Waals surface area contributed by atoms with E-state index in [9.17, 15) is 10.1 Å². The Morgan fingerprint density at radius 3 is 2.83 bits per heavy atom. The first-order valence-electron chi connectivity index (χ1n) is 5.65. The third-order valence-electron chi connectivity index (χ3n) is 2.65. The molecule has 0 aromatic heterocycles. The third-order valence-corrected chi connectivity index (χ3v) is 2.65. The van der Waals surface area contributed by atoms with Crippen LogP contribution in [0.4, 0.5) is 11.4 Å². The van der Waals surface area contributed by atoms with Crippen LogP contribution in [0, 0.1) is 21.4 Å². The largest absolute Gasteiger partial charge is 0.369 e. The lowest BCUT2D eigenvalue weighted by Crippen LogP contribution is -2.23. The maximum absolute atomic E-state index is 11.1. The number of hydrogen-bond acceptors (Lipinski definition) is 5. The van der Waals surface area contributed by atoms with Gasteiger partial charge in [0.05, 0.1) is 4.92 Å². The van der Waals surface area contributed by atoms with Gasteiger partial charge in [-0.15, -0.1) is 0 Å². The molecule has 0 saturated heterocycles. The minimum absolute atomic E-state index is 0.0953. The van der Waals surface area contributed by atoms with E-state index in [-0.39, 0.29) is 11.3 Å². The van der Waals surface area contributed by atoms with Crippen molar-refractivity contribution in [2.24, 2.45) is 0 Å². The predicted molar refractivity (Wildman–Crippen MR) is 69.6 cm³/mol. The molecule has 0 aliphatic carbocycles. The lowest BCUT2D eigenvalue weighted by atomic mass is 10.1. The zero-order valence-electron chi connectivity index (χ0n) is 10.5. The highest BCUT2D eigenvalue weighted by molar-refractivity contribution is 5.69. The molecule has 0 bridgehead atoms. The van der Waals surface area contributed by atoms with Gasteiger partial charge in [-0.25, -0.2) is 0 Å². The minimum Gasteiger partial charge on any atom is -0.369 e. The summed E-state index contributed by atoms with van der Waals surface area (Å²) in [4.78, 5) is 12.4. The Hall–Kier alpha value is -2.13. The van der Waals surface area contributed by atoms with Crippen LogP contribution in [0.2, 0.25) is 0 Å². The van der Waals surface area contributed by atoms with Gasteiger partial charge in [-0.1, -0.05) is 6.07 Å². The molecule has 0 fully saturated rings. The van der Waals surface area contributed by atoms with Crippen LogP contribution in [-0.2, 0) is 0 Å². The molecular weight excluding hydrogens is 232 g/mol. The van der Waals surface area contributed by atoms with E-state index in [0.717, 1.165) is 13.0 Å². The van der Waals surface area contributed by atoms with Crippen LogP contribution in [0.25, 0.3) is 0 Å². The van der Waals surface area contributed by atoms with Crippen LogP contribution >= 0.6 is 0 Å². The molecule has 0 aliphatic heterocycles. The number of rotatable bonds is 6. The van der Waals surface area contributed by atoms with E-state index in [1.807, 2.05) is 13.1 Å². The molecule has 6 heteroatoms. The number of nitro benzene ring substituents is 1. The summed E-state index contributed by atoms with van der Waals surface area (Å²) >= 11 is 0. The Balaban J connectivity index is 3.01. The number of anilines is 1. The fraction of sp³-hybridized carbons (Fsp3) is 0.417. The van der Waals surface area contributed by atoms with Gasteiger partial charge in [-0.05, 0) is 32.1 Å². The van der Waals surface area contributed by atoms with Gasteiger partial charge in [0.2, 0.25) is 0 Å². The number of nitrogens with one attached hydrogen (secondary N) is 1. The molecular formula is C12H16N4O2. The monoisotopic (exact) mass is 248 g/mol. The van der Waals surface area contributed by atoms with Crippen molar-refractivity contribution in [2.45, 2.75) is 6.42 Å². The quantitative estimate of drug-likeness (QED) is 0.469. The molecule has 0 aliphatic rings. The molecule has 96 valence electrons. The van der Waals surface area contributed by atoms with Gasteiger partial charge >= 0.3 is 5.69 Å². The van der Waals surface area contributed by atoms with Crippen molar-refractivity contribution in [1.29, 1.82) is 5.26 Å². The molecule has 18 heavy (non-hydrogen) atoms. The average Bonchev–Trinajstić information content (AvgIpc) is 2.37. The summed E-state index contributed by atoms with van der Waals surface area (Å²) in [5, 5.41) is 23.0. The first-order valence-corrected chi connectivity index (χ1v) is 5.65. The number of nitrogens with zero attached hydrogens (tertiary/aromatic N) is 3. The molecule has 1 aromatic carbocycles. The summed E-state index contributed by atoms with van der Waals surface area (Å²) < 4.78 is 0. The molecule has 1 N–H and O–H groups in total. The normalized spacial score (nSPS) is 9.83. The van der Waals surface area contributed by atoms with Crippen molar-refractivity contribution in [3.8, 4) is 6.07 Å². The summed E-state index contributed by atoms with van der Waals surface area (Å²) in [6, 6.07) is 6.65. The number of benzene rings is 1. The van der Waals surface area contributed by atoms with Crippen molar-refractivity contribution in [2.75, 3.05) is 32.1 Å². The van der Waals surface area contributed by atoms with E-state index < -0.39 is 4.92 Å². The van der Waals surface area contributed by atoms with E-state index >= 15 is 0 Å². The SMILES string of the molecule is CNCCCN(C)c1cccc(C#N)c1[N+](=O)[O-]. The smallest absolute Gasteiger partial charge is 0.310 e. The second kappa shape index (κ2) is 6.57. The van der Waals surface area contributed by atoms with E-state index in [0.29, 0.717) is 12.2 Å². The molecule has 0 spiro atoms. The first kappa shape index (κ1) is 13.9.